The lowest BCUT2D eigenvalue weighted by Crippen LogP contribution is -2.28. The number of nitrogens with one attached hydrogen (secondary N) is 1. The third-order valence-corrected chi connectivity index (χ3v) is 4.48. The van der Waals surface area contributed by atoms with Crippen LogP contribution < -0.4 is 5.32 Å². The van der Waals surface area contributed by atoms with Gasteiger partial charge in [-0.15, -0.1) is 11.3 Å². The molecule has 3 nitrogen and oxygen atoms in total. The summed E-state index contributed by atoms with van der Waals surface area (Å²) >= 11 is 1.66. The Morgan fingerprint density at radius 3 is 2.52 bits per heavy atom. The van der Waals surface area contributed by atoms with Crippen LogP contribution in [0, 0.1) is 0 Å². The molecule has 0 saturated heterocycles. The minimum absolute atomic E-state index is 0.0115. The van der Waals surface area contributed by atoms with Crippen LogP contribution in [0.15, 0.2) is 47.8 Å². The lowest BCUT2D eigenvalue weighted by atomic mass is 10.0. The zero-order valence-corrected chi connectivity index (χ0v) is 13.2. The summed E-state index contributed by atoms with van der Waals surface area (Å²) in [6, 6.07) is 14.6. The number of ether oxygens (including phenoxy) is 1. The standard InChI is InChI=1S/C17H21NO2S/c1-3-14(13-8-5-4-6-9-13)18-15(12-17(19)20-2)16-10-7-11-21-16/h4-11,14-15,18H,3,12H2,1-2H3. The van der Waals surface area contributed by atoms with Gasteiger partial charge in [0, 0.05) is 10.9 Å². The first-order valence-electron chi connectivity index (χ1n) is 7.15. The molecule has 0 spiro atoms. The van der Waals surface area contributed by atoms with E-state index in [4.69, 9.17) is 4.74 Å². The predicted octanol–water partition coefficient (Wildman–Crippen LogP) is 4.09. The molecule has 2 unspecified atom stereocenters. The van der Waals surface area contributed by atoms with Crippen molar-refractivity contribution in [1.82, 2.24) is 5.32 Å². The fourth-order valence-electron chi connectivity index (χ4n) is 2.36. The Kier molecular flexibility index (Phi) is 5.96. The lowest BCUT2D eigenvalue weighted by Gasteiger charge is -2.24. The van der Waals surface area contributed by atoms with E-state index in [-0.39, 0.29) is 18.1 Å². The van der Waals surface area contributed by atoms with E-state index in [1.165, 1.54) is 12.7 Å². The molecule has 1 aromatic carbocycles. The van der Waals surface area contributed by atoms with Crippen molar-refractivity contribution in [3.05, 3.63) is 58.3 Å². The van der Waals surface area contributed by atoms with Crippen molar-refractivity contribution in [2.24, 2.45) is 0 Å². The quantitative estimate of drug-likeness (QED) is 0.783. The van der Waals surface area contributed by atoms with Gasteiger partial charge in [0.1, 0.15) is 0 Å². The highest BCUT2D eigenvalue weighted by molar-refractivity contribution is 7.10. The SMILES string of the molecule is CCC(NC(CC(=O)OC)c1cccs1)c1ccccc1. The van der Waals surface area contributed by atoms with Crippen molar-refractivity contribution in [2.75, 3.05) is 7.11 Å². The summed E-state index contributed by atoms with van der Waals surface area (Å²) in [7, 11) is 1.43. The summed E-state index contributed by atoms with van der Waals surface area (Å²) in [5, 5.41) is 5.63. The Morgan fingerprint density at radius 1 is 1.19 bits per heavy atom. The highest BCUT2D eigenvalue weighted by atomic mass is 32.1. The largest absolute Gasteiger partial charge is 0.469 e. The third kappa shape index (κ3) is 4.41. The zero-order chi connectivity index (χ0) is 15.1. The second-order valence-corrected chi connectivity index (χ2v) is 5.87. The zero-order valence-electron chi connectivity index (χ0n) is 12.4. The summed E-state index contributed by atoms with van der Waals surface area (Å²) in [6.45, 7) is 2.15. The Morgan fingerprint density at radius 2 is 1.95 bits per heavy atom. The molecule has 0 radical (unpaired) electrons. The van der Waals surface area contributed by atoms with Crippen LogP contribution in [0.25, 0.3) is 0 Å². The van der Waals surface area contributed by atoms with Crippen LogP contribution >= 0.6 is 11.3 Å². The van der Waals surface area contributed by atoms with Crippen molar-refractivity contribution in [2.45, 2.75) is 31.8 Å². The number of rotatable bonds is 7. The number of hydrogen-bond donors (Lipinski definition) is 1. The number of carbonyl (C=O) groups is 1. The van der Waals surface area contributed by atoms with Crippen molar-refractivity contribution in [3.63, 3.8) is 0 Å². The molecule has 1 aromatic heterocycles. The molecule has 1 heterocycles. The molecule has 0 saturated carbocycles. The summed E-state index contributed by atoms with van der Waals surface area (Å²) in [4.78, 5) is 12.8. The Balaban J connectivity index is 2.15. The summed E-state index contributed by atoms with van der Waals surface area (Å²) < 4.78 is 4.83. The van der Waals surface area contributed by atoms with Gasteiger partial charge < -0.3 is 10.1 Å². The van der Waals surface area contributed by atoms with Gasteiger partial charge in [0.15, 0.2) is 0 Å². The normalized spacial score (nSPS) is 13.6. The van der Waals surface area contributed by atoms with Crippen molar-refractivity contribution in [1.29, 1.82) is 0 Å². The molecule has 21 heavy (non-hydrogen) atoms. The predicted molar refractivity (Wildman–Crippen MR) is 86.3 cm³/mol. The molecule has 2 aromatic rings. The highest BCUT2D eigenvalue weighted by Crippen LogP contribution is 2.27. The van der Waals surface area contributed by atoms with E-state index in [0.717, 1.165) is 11.3 Å². The first-order chi connectivity index (χ1) is 10.2. The van der Waals surface area contributed by atoms with Crippen LogP contribution in [0.2, 0.25) is 0 Å². The molecule has 0 bridgehead atoms. The molecule has 4 heteroatoms. The van der Waals surface area contributed by atoms with E-state index in [1.807, 2.05) is 29.6 Å². The second kappa shape index (κ2) is 7.96. The minimum atomic E-state index is -0.191. The summed E-state index contributed by atoms with van der Waals surface area (Å²) in [5.74, 6) is -0.191. The van der Waals surface area contributed by atoms with Gasteiger partial charge in [-0.05, 0) is 23.4 Å². The number of benzene rings is 1. The van der Waals surface area contributed by atoms with Gasteiger partial charge in [0.05, 0.1) is 19.6 Å². The maximum atomic E-state index is 11.7. The van der Waals surface area contributed by atoms with Crippen molar-refractivity contribution >= 4 is 17.3 Å². The van der Waals surface area contributed by atoms with Gasteiger partial charge >= 0.3 is 5.97 Å². The van der Waals surface area contributed by atoms with Gasteiger partial charge in [-0.3, -0.25) is 4.79 Å². The Labute approximate surface area is 130 Å². The molecule has 0 aliphatic heterocycles. The van der Waals surface area contributed by atoms with Gasteiger partial charge in [0.25, 0.3) is 0 Å². The smallest absolute Gasteiger partial charge is 0.307 e. The number of esters is 1. The molecule has 1 N–H and O–H groups in total. The average molecular weight is 303 g/mol. The van der Waals surface area contributed by atoms with Crippen molar-refractivity contribution in [3.8, 4) is 0 Å². The minimum Gasteiger partial charge on any atom is -0.469 e. The number of hydrogen-bond acceptors (Lipinski definition) is 4. The van der Waals surface area contributed by atoms with Gasteiger partial charge in [-0.2, -0.15) is 0 Å². The highest BCUT2D eigenvalue weighted by Gasteiger charge is 2.21. The molecule has 112 valence electrons. The Bertz CT molecular complexity index is 539. The molecule has 2 rings (SSSR count). The number of methoxy groups -OCH3 is 1. The van der Waals surface area contributed by atoms with Crippen molar-refractivity contribution < 1.29 is 9.53 Å². The van der Waals surface area contributed by atoms with Gasteiger partial charge in [-0.25, -0.2) is 0 Å². The van der Waals surface area contributed by atoms with E-state index >= 15 is 0 Å². The van der Waals surface area contributed by atoms with Crippen LogP contribution in [-0.2, 0) is 9.53 Å². The first kappa shape index (κ1) is 15.7. The van der Waals surface area contributed by atoms with Gasteiger partial charge in [0.2, 0.25) is 0 Å². The van der Waals surface area contributed by atoms with E-state index < -0.39 is 0 Å². The van der Waals surface area contributed by atoms with Crippen LogP contribution in [0.3, 0.4) is 0 Å². The lowest BCUT2D eigenvalue weighted by molar-refractivity contribution is -0.141. The van der Waals surface area contributed by atoms with E-state index in [9.17, 15) is 4.79 Å². The summed E-state index contributed by atoms with van der Waals surface area (Å²) in [5.41, 5.74) is 1.24. The van der Waals surface area contributed by atoms with Crippen LogP contribution in [0.5, 0.6) is 0 Å². The van der Waals surface area contributed by atoms with Crippen LogP contribution in [0.4, 0.5) is 0 Å². The molecular formula is C17H21NO2S. The fraction of sp³-hybridized carbons (Fsp3) is 0.353. The maximum Gasteiger partial charge on any atom is 0.307 e. The number of thiophene rings is 1. The first-order valence-corrected chi connectivity index (χ1v) is 8.03. The molecular weight excluding hydrogens is 282 g/mol. The topological polar surface area (TPSA) is 38.3 Å². The molecule has 2 atom stereocenters. The average Bonchev–Trinajstić information content (AvgIpc) is 3.06. The Hall–Kier alpha value is -1.65. The van der Waals surface area contributed by atoms with Crippen LogP contribution in [-0.4, -0.2) is 13.1 Å². The van der Waals surface area contributed by atoms with E-state index in [0.29, 0.717) is 6.42 Å². The maximum absolute atomic E-state index is 11.7. The number of carbonyl (C=O) groups excluding carboxylic acids is 1. The molecule has 0 aliphatic carbocycles. The molecule has 0 amide bonds. The molecule has 0 fully saturated rings. The van der Waals surface area contributed by atoms with Gasteiger partial charge in [-0.1, -0.05) is 43.3 Å². The molecule has 0 aliphatic rings. The van der Waals surface area contributed by atoms with E-state index in [1.54, 1.807) is 11.3 Å². The second-order valence-electron chi connectivity index (χ2n) is 4.89. The monoisotopic (exact) mass is 303 g/mol. The van der Waals surface area contributed by atoms with Crippen LogP contribution in [0.1, 0.15) is 42.3 Å². The summed E-state index contributed by atoms with van der Waals surface area (Å²) in [6.07, 6.45) is 1.31. The fourth-order valence-corrected chi connectivity index (χ4v) is 3.15. The van der Waals surface area contributed by atoms with E-state index in [2.05, 4.69) is 30.4 Å². The third-order valence-electron chi connectivity index (χ3n) is 3.50.